The van der Waals surface area contributed by atoms with Gasteiger partial charge in [0, 0.05) is 75.9 Å². The van der Waals surface area contributed by atoms with Gasteiger partial charge in [-0.15, -0.1) is 0 Å². The van der Waals surface area contributed by atoms with E-state index in [1.165, 1.54) is 70.7 Å². The molecule has 0 N–H and O–H groups in total. The third kappa shape index (κ3) is 6.17. The molecule has 6 heteroatoms. The average molecular weight is 1070 g/mol. The molecule has 0 unspecified atom stereocenters. The van der Waals surface area contributed by atoms with Crippen molar-refractivity contribution in [2.45, 2.75) is 0 Å². The number of benzene rings is 13. The van der Waals surface area contributed by atoms with Crippen LogP contribution in [0, 0.1) is 0 Å². The van der Waals surface area contributed by atoms with Gasteiger partial charge >= 0.3 is 0 Å². The summed E-state index contributed by atoms with van der Waals surface area (Å²) >= 11 is 0. The highest BCUT2D eigenvalue weighted by atomic mass is 16.3. The number of nitrogens with zero attached hydrogens (tertiary/aromatic N) is 4. The summed E-state index contributed by atoms with van der Waals surface area (Å²) in [6.45, 7) is 0. The van der Waals surface area contributed by atoms with Crippen LogP contribution >= 0.6 is 0 Å². The van der Waals surface area contributed by atoms with Crippen molar-refractivity contribution in [1.29, 1.82) is 0 Å². The number of aromatic nitrogens is 2. The van der Waals surface area contributed by atoms with Gasteiger partial charge < -0.3 is 27.4 Å². The molecule has 6 nitrogen and oxygen atoms in total. The predicted molar refractivity (Wildman–Crippen MR) is 351 cm³/mol. The first-order valence-electron chi connectivity index (χ1n) is 28.7. The van der Waals surface area contributed by atoms with Crippen LogP contribution in [0.25, 0.3) is 142 Å². The molecule has 0 aliphatic rings. The lowest BCUT2D eigenvalue weighted by atomic mass is 10.00. The molecule has 0 saturated heterocycles. The number of hydrogen-bond donors (Lipinski definition) is 0. The normalized spacial score (nSPS) is 12.3. The second-order valence-corrected chi connectivity index (χ2v) is 22.3. The Hall–Kier alpha value is -11.3. The fourth-order valence-electron chi connectivity index (χ4n) is 14.5. The molecule has 0 bridgehead atoms. The Morgan fingerprint density at radius 2 is 0.667 bits per heavy atom. The second kappa shape index (κ2) is 17.1. The molecule has 19 rings (SSSR count). The maximum absolute atomic E-state index is 6.90. The smallest absolute Gasteiger partial charge is 0.159 e. The minimum atomic E-state index is 0.849. The number of fused-ring (bicyclic) bond motifs is 18. The van der Waals surface area contributed by atoms with Crippen LogP contribution in [0.5, 0.6) is 0 Å². The molecule has 13 aromatic carbocycles. The molecule has 0 amide bonds. The number of furan rings is 2. The Labute approximate surface area is 480 Å². The number of para-hydroxylation sites is 7. The summed E-state index contributed by atoms with van der Waals surface area (Å²) in [7, 11) is 0. The first-order chi connectivity index (χ1) is 41.7. The van der Waals surface area contributed by atoms with Crippen molar-refractivity contribution in [3.8, 4) is 22.3 Å². The van der Waals surface area contributed by atoms with E-state index < -0.39 is 0 Å². The van der Waals surface area contributed by atoms with Crippen LogP contribution in [0.1, 0.15) is 0 Å². The number of anilines is 6. The summed E-state index contributed by atoms with van der Waals surface area (Å²) in [6.07, 6.45) is 0. The van der Waals surface area contributed by atoms with Crippen LogP contribution < -0.4 is 9.80 Å². The Morgan fingerprint density at radius 3 is 1.27 bits per heavy atom. The Morgan fingerprint density at radius 1 is 0.250 bits per heavy atom. The standard InChI is InChI=1S/C78H46N4O2/c1-3-20-47(21-4-1)49-24-13-25-50(44-49)79(67-40-16-31-56-52-27-8-11-42-71(52)83-77(56)67)63-36-18-38-65-73(63)58-33-14-29-54-60-46-70-61(45-69(60)81(65)75(54)58)55-30-15-34-59-74-64(37-19-39-66(74)82(70)76(55)59)80(62-35-10-7-26-51(62)48-22-5-2-6-23-48)68-41-17-32-57-53-28-9-12-43-72(53)84-78(57)68/h1-46H. The van der Waals surface area contributed by atoms with Gasteiger partial charge in [-0.25, -0.2) is 0 Å². The second-order valence-electron chi connectivity index (χ2n) is 22.3. The van der Waals surface area contributed by atoms with E-state index in [-0.39, 0.29) is 0 Å². The molecule has 0 fully saturated rings. The molecule has 0 atom stereocenters. The van der Waals surface area contributed by atoms with Gasteiger partial charge in [-0.3, -0.25) is 0 Å². The van der Waals surface area contributed by atoms with Crippen molar-refractivity contribution in [1.82, 2.24) is 8.80 Å². The zero-order valence-corrected chi connectivity index (χ0v) is 45.2. The molecule has 0 aliphatic heterocycles. The van der Waals surface area contributed by atoms with Crippen molar-refractivity contribution in [2.24, 2.45) is 0 Å². The SMILES string of the molecule is c1ccc(-c2cccc(N(c3cccc4c3oc3ccccc34)c3cccc4c3c3cccc5c6cc7c(cc6n4c53)c3cccc4c5c(N(c6ccccc6-c6ccccc6)c6cccc8c6oc6ccccc68)cccc5n7c34)c2)cc1. The summed E-state index contributed by atoms with van der Waals surface area (Å²) in [6, 6.07) is 101. The van der Waals surface area contributed by atoms with Crippen LogP contribution in [-0.2, 0) is 0 Å². The highest BCUT2D eigenvalue weighted by Crippen LogP contribution is 2.53. The van der Waals surface area contributed by atoms with Crippen LogP contribution in [0.15, 0.2) is 288 Å². The summed E-state index contributed by atoms with van der Waals surface area (Å²) < 4.78 is 18.8. The first kappa shape index (κ1) is 45.4. The van der Waals surface area contributed by atoms with Crippen LogP contribution in [-0.4, -0.2) is 8.80 Å². The largest absolute Gasteiger partial charge is 0.454 e. The van der Waals surface area contributed by atoms with E-state index in [2.05, 4.69) is 292 Å². The topological polar surface area (TPSA) is 41.6 Å². The van der Waals surface area contributed by atoms with Crippen molar-refractivity contribution >= 4 is 154 Å². The Kier molecular flexibility index (Phi) is 9.24. The quantitative estimate of drug-likeness (QED) is 0.152. The molecule has 0 radical (unpaired) electrons. The predicted octanol–water partition coefficient (Wildman–Crippen LogP) is 22.1. The van der Waals surface area contributed by atoms with Crippen molar-refractivity contribution in [2.75, 3.05) is 9.80 Å². The zero-order chi connectivity index (χ0) is 54.7. The lowest BCUT2D eigenvalue weighted by Crippen LogP contribution is -2.12. The third-order valence-corrected chi connectivity index (χ3v) is 17.9. The first-order valence-corrected chi connectivity index (χ1v) is 28.7. The van der Waals surface area contributed by atoms with Gasteiger partial charge in [-0.2, -0.15) is 0 Å². The minimum absolute atomic E-state index is 0.849. The highest BCUT2D eigenvalue weighted by Gasteiger charge is 2.30. The van der Waals surface area contributed by atoms with E-state index in [1.54, 1.807) is 0 Å². The molecular weight excluding hydrogens is 1020 g/mol. The van der Waals surface area contributed by atoms with Crippen molar-refractivity contribution in [3.63, 3.8) is 0 Å². The molecule has 0 aliphatic carbocycles. The fraction of sp³-hybridized carbons (Fsp3) is 0. The maximum atomic E-state index is 6.90. The van der Waals surface area contributed by atoms with E-state index in [4.69, 9.17) is 8.83 Å². The molecular formula is C78H46N4O2. The van der Waals surface area contributed by atoms with Crippen LogP contribution in [0.3, 0.4) is 0 Å². The van der Waals surface area contributed by atoms with Gasteiger partial charge in [0.25, 0.3) is 0 Å². The van der Waals surface area contributed by atoms with Gasteiger partial charge in [0.05, 0.1) is 61.5 Å². The van der Waals surface area contributed by atoms with E-state index in [0.29, 0.717) is 0 Å². The van der Waals surface area contributed by atoms with E-state index in [0.717, 1.165) is 106 Å². The summed E-state index contributed by atoms with van der Waals surface area (Å²) in [5.74, 6) is 0. The molecule has 84 heavy (non-hydrogen) atoms. The number of rotatable bonds is 8. The Balaban J connectivity index is 0.858. The third-order valence-electron chi connectivity index (χ3n) is 17.9. The van der Waals surface area contributed by atoms with Gasteiger partial charge in [-0.05, 0) is 95.6 Å². The van der Waals surface area contributed by atoms with E-state index >= 15 is 0 Å². The van der Waals surface area contributed by atoms with Crippen LogP contribution in [0.4, 0.5) is 34.1 Å². The number of hydrogen-bond acceptors (Lipinski definition) is 4. The summed E-state index contributed by atoms with van der Waals surface area (Å²) in [4.78, 5) is 4.87. The van der Waals surface area contributed by atoms with E-state index in [9.17, 15) is 0 Å². The van der Waals surface area contributed by atoms with Gasteiger partial charge in [-0.1, -0.05) is 200 Å². The zero-order valence-electron chi connectivity index (χ0n) is 45.2. The molecule has 19 aromatic rings. The fourth-order valence-corrected chi connectivity index (χ4v) is 14.5. The monoisotopic (exact) mass is 1070 g/mol. The van der Waals surface area contributed by atoms with Crippen molar-refractivity contribution in [3.05, 3.63) is 279 Å². The van der Waals surface area contributed by atoms with Gasteiger partial charge in [0.2, 0.25) is 0 Å². The molecule has 0 spiro atoms. The van der Waals surface area contributed by atoms with E-state index in [1.807, 2.05) is 6.07 Å². The summed E-state index contributed by atoms with van der Waals surface area (Å²) in [5, 5.41) is 14.0. The van der Waals surface area contributed by atoms with Gasteiger partial charge in [0.1, 0.15) is 11.2 Å². The lowest BCUT2D eigenvalue weighted by molar-refractivity contribution is 0.669. The highest BCUT2D eigenvalue weighted by molar-refractivity contribution is 6.32. The minimum Gasteiger partial charge on any atom is -0.454 e. The van der Waals surface area contributed by atoms with Crippen LogP contribution in [0.2, 0.25) is 0 Å². The average Bonchev–Trinajstić information content (AvgIpc) is 2.08. The lowest BCUT2D eigenvalue weighted by Gasteiger charge is -2.28. The van der Waals surface area contributed by atoms with Gasteiger partial charge in [0.15, 0.2) is 11.2 Å². The molecule has 6 heterocycles. The maximum Gasteiger partial charge on any atom is 0.159 e. The molecule has 390 valence electrons. The molecule has 6 aromatic heterocycles. The van der Waals surface area contributed by atoms with Crippen molar-refractivity contribution < 1.29 is 8.83 Å². The Bertz CT molecular complexity index is 5890. The summed E-state index contributed by atoms with van der Waals surface area (Å²) in [5.41, 5.74) is 21.3. The molecule has 0 saturated carbocycles.